The zero-order valence-corrected chi connectivity index (χ0v) is 15.0. The van der Waals surface area contributed by atoms with Crippen molar-refractivity contribution in [1.29, 1.82) is 0 Å². The zero-order valence-electron chi connectivity index (χ0n) is 15.0. The summed E-state index contributed by atoms with van der Waals surface area (Å²) >= 11 is 0. The lowest BCUT2D eigenvalue weighted by Crippen LogP contribution is -2.48. The second-order valence-corrected chi connectivity index (χ2v) is 6.68. The first kappa shape index (κ1) is 20.6. The smallest absolute Gasteiger partial charge is 0.321 e. The molecule has 25 heavy (non-hydrogen) atoms. The Morgan fingerprint density at radius 3 is 1.92 bits per heavy atom. The van der Waals surface area contributed by atoms with Crippen LogP contribution in [0.15, 0.2) is 24.3 Å². The van der Waals surface area contributed by atoms with E-state index in [1.54, 1.807) is 38.4 Å². The number of nitrogens with one attached hydrogen (secondary N) is 1. The molecule has 3 N–H and O–H groups in total. The van der Waals surface area contributed by atoms with Crippen LogP contribution in [0.25, 0.3) is 0 Å². The lowest BCUT2D eigenvalue weighted by Gasteiger charge is -2.22. The molecule has 0 aromatic heterocycles. The number of aliphatic carboxylic acids is 2. The van der Waals surface area contributed by atoms with Crippen LogP contribution >= 0.6 is 0 Å². The molecule has 1 aromatic carbocycles. The monoisotopic (exact) mass is 350 g/mol. The molecule has 2 atom stereocenters. The lowest BCUT2D eigenvalue weighted by atomic mass is 10.00. The highest BCUT2D eigenvalue weighted by Gasteiger charge is 2.26. The molecule has 0 fully saturated rings. The molecule has 0 radical (unpaired) electrons. The molecule has 0 spiro atoms. The third kappa shape index (κ3) is 6.54. The quantitative estimate of drug-likeness (QED) is 0.623. The van der Waals surface area contributed by atoms with Crippen molar-refractivity contribution in [3.05, 3.63) is 35.4 Å². The fourth-order valence-corrected chi connectivity index (χ4v) is 2.45. The molecule has 138 valence electrons. The Morgan fingerprint density at radius 1 is 1.00 bits per heavy atom. The van der Waals surface area contributed by atoms with Gasteiger partial charge < -0.3 is 15.1 Å². The minimum Gasteiger partial charge on any atom is -0.480 e. The van der Waals surface area contributed by atoms with Gasteiger partial charge in [0.1, 0.15) is 12.1 Å². The predicted octanol–water partition coefficient (Wildman–Crippen LogP) is 1.47. The van der Waals surface area contributed by atoms with Crippen molar-refractivity contribution in [2.75, 3.05) is 14.1 Å². The predicted molar refractivity (Wildman–Crippen MR) is 93.6 cm³/mol. The Morgan fingerprint density at radius 2 is 1.52 bits per heavy atom. The number of hydrogen-bond donors (Lipinski definition) is 3. The van der Waals surface area contributed by atoms with Crippen molar-refractivity contribution in [2.24, 2.45) is 5.92 Å². The summed E-state index contributed by atoms with van der Waals surface area (Å²) < 4.78 is 0. The van der Waals surface area contributed by atoms with E-state index in [1.165, 1.54) is 4.90 Å². The highest BCUT2D eigenvalue weighted by molar-refractivity contribution is 5.93. The number of rotatable bonds is 9. The molecule has 7 heteroatoms. The molecule has 1 aromatic rings. The van der Waals surface area contributed by atoms with Gasteiger partial charge in [-0.25, -0.2) is 0 Å². The van der Waals surface area contributed by atoms with E-state index < -0.39 is 24.0 Å². The normalized spacial score (nSPS) is 13.3. The number of carbonyl (C=O) groups excluding carboxylic acids is 1. The molecule has 1 rings (SSSR count). The van der Waals surface area contributed by atoms with E-state index in [-0.39, 0.29) is 18.2 Å². The lowest BCUT2D eigenvalue weighted by molar-refractivity contribution is -0.142. The highest BCUT2D eigenvalue weighted by Crippen LogP contribution is 2.11. The van der Waals surface area contributed by atoms with Gasteiger partial charge in [0.25, 0.3) is 5.91 Å². The van der Waals surface area contributed by atoms with E-state index in [9.17, 15) is 24.6 Å². The largest absolute Gasteiger partial charge is 0.480 e. The number of amides is 1. The number of nitrogens with zero attached hydrogens (tertiary/aromatic N) is 1. The number of carbonyl (C=O) groups is 3. The highest BCUT2D eigenvalue weighted by atomic mass is 16.4. The van der Waals surface area contributed by atoms with Crippen LogP contribution in [0.3, 0.4) is 0 Å². The van der Waals surface area contributed by atoms with Gasteiger partial charge in [0.05, 0.1) is 0 Å². The third-order valence-electron chi connectivity index (χ3n) is 3.75. The van der Waals surface area contributed by atoms with E-state index in [0.717, 1.165) is 0 Å². The van der Waals surface area contributed by atoms with Crippen molar-refractivity contribution in [3.63, 3.8) is 0 Å². The maximum absolute atomic E-state index is 11.9. The van der Waals surface area contributed by atoms with Crippen molar-refractivity contribution in [3.8, 4) is 0 Å². The van der Waals surface area contributed by atoms with Crippen LogP contribution < -0.4 is 5.32 Å². The summed E-state index contributed by atoms with van der Waals surface area (Å²) in [7, 11) is 3.31. The molecule has 7 nitrogen and oxygen atoms in total. The molecule has 0 heterocycles. The number of hydrogen-bond acceptors (Lipinski definition) is 4. The van der Waals surface area contributed by atoms with Gasteiger partial charge in [-0.15, -0.1) is 0 Å². The molecule has 1 amide bonds. The molecule has 0 aliphatic heterocycles. The van der Waals surface area contributed by atoms with Crippen LogP contribution in [0.1, 0.15) is 36.2 Å². The van der Waals surface area contributed by atoms with Crippen molar-refractivity contribution >= 4 is 17.8 Å². The second kappa shape index (κ2) is 9.17. The molecular weight excluding hydrogens is 324 g/mol. The van der Waals surface area contributed by atoms with E-state index >= 15 is 0 Å². The van der Waals surface area contributed by atoms with Gasteiger partial charge >= 0.3 is 11.9 Å². The van der Waals surface area contributed by atoms with E-state index in [2.05, 4.69) is 5.32 Å². The molecule has 0 saturated heterocycles. The van der Waals surface area contributed by atoms with Crippen LogP contribution in [-0.2, 0) is 16.0 Å². The number of carboxylic acid groups (broad SMARTS) is 2. The fraction of sp³-hybridized carbons (Fsp3) is 0.500. The van der Waals surface area contributed by atoms with Gasteiger partial charge in [0, 0.05) is 19.7 Å². The third-order valence-corrected chi connectivity index (χ3v) is 3.75. The summed E-state index contributed by atoms with van der Waals surface area (Å²) in [4.78, 5) is 36.1. The van der Waals surface area contributed by atoms with Gasteiger partial charge in [-0.1, -0.05) is 26.0 Å². The van der Waals surface area contributed by atoms with Gasteiger partial charge in [-0.3, -0.25) is 19.7 Å². The minimum absolute atomic E-state index is 0.124. The molecule has 0 bridgehead atoms. The van der Waals surface area contributed by atoms with Crippen LogP contribution in [0.4, 0.5) is 0 Å². The Labute approximate surface area is 147 Å². The Kier molecular flexibility index (Phi) is 7.57. The van der Waals surface area contributed by atoms with Crippen LogP contribution in [0.2, 0.25) is 0 Å². The zero-order chi connectivity index (χ0) is 19.1. The number of carboxylic acids is 2. The van der Waals surface area contributed by atoms with E-state index in [4.69, 9.17) is 0 Å². The molecular formula is C18H26N2O5. The maximum Gasteiger partial charge on any atom is 0.321 e. The summed E-state index contributed by atoms with van der Waals surface area (Å²) in [5.41, 5.74) is 1.22. The molecule has 0 saturated carbocycles. The van der Waals surface area contributed by atoms with Gasteiger partial charge in [0.2, 0.25) is 0 Å². The average molecular weight is 350 g/mol. The first-order valence-electron chi connectivity index (χ1n) is 8.14. The summed E-state index contributed by atoms with van der Waals surface area (Å²) in [6, 6.07) is 4.71. The summed E-state index contributed by atoms with van der Waals surface area (Å²) in [5, 5.41) is 21.4. The fourth-order valence-electron chi connectivity index (χ4n) is 2.45. The van der Waals surface area contributed by atoms with Gasteiger partial charge in [-0.2, -0.15) is 0 Å². The standard InChI is InChI=1S/C18H26N2O5/c1-11(2)9-14(17(22)23)19-15(18(24)25)10-12-5-7-13(8-6-12)16(21)20(3)4/h5-8,11,14-15,19H,9-10H2,1-4H3,(H,22,23)(H,24,25). The first-order valence-corrected chi connectivity index (χ1v) is 8.14. The Hall–Kier alpha value is -2.41. The first-order chi connectivity index (χ1) is 11.6. The number of benzene rings is 1. The Bertz CT molecular complexity index is 610. The van der Waals surface area contributed by atoms with Crippen LogP contribution in [0, 0.1) is 5.92 Å². The molecule has 0 aliphatic carbocycles. The van der Waals surface area contributed by atoms with Crippen molar-refractivity contribution < 1.29 is 24.6 Å². The average Bonchev–Trinajstić information content (AvgIpc) is 2.52. The van der Waals surface area contributed by atoms with E-state index in [0.29, 0.717) is 17.5 Å². The molecule has 2 unspecified atom stereocenters. The second-order valence-electron chi connectivity index (χ2n) is 6.68. The van der Waals surface area contributed by atoms with E-state index in [1.807, 2.05) is 13.8 Å². The summed E-state index contributed by atoms with van der Waals surface area (Å²) in [6.45, 7) is 3.77. The SMILES string of the molecule is CC(C)CC(NC(Cc1ccc(C(=O)N(C)C)cc1)C(=O)O)C(=O)O. The van der Waals surface area contributed by atoms with Crippen molar-refractivity contribution in [2.45, 2.75) is 38.8 Å². The minimum atomic E-state index is -1.11. The summed E-state index contributed by atoms with van der Waals surface area (Å²) in [6.07, 6.45) is 0.475. The van der Waals surface area contributed by atoms with Crippen molar-refractivity contribution in [1.82, 2.24) is 10.2 Å². The van der Waals surface area contributed by atoms with Crippen LogP contribution in [-0.4, -0.2) is 59.1 Å². The Balaban J connectivity index is 2.85. The van der Waals surface area contributed by atoms with Gasteiger partial charge in [-0.05, 0) is 36.5 Å². The van der Waals surface area contributed by atoms with Gasteiger partial charge in [0.15, 0.2) is 0 Å². The summed E-state index contributed by atoms with van der Waals surface area (Å²) in [5.74, 6) is -2.18. The molecule has 0 aliphatic rings. The van der Waals surface area contributed by atoms with Crippen LogP contribution in [0.5, 0.6) is 0 Å². The topological polar surface area (TPSA) is 107 Å². The maximum atomic E-state index is 11.9.